The van der Waals surface area contributed by atoms with Crippen LogP contribution in [0.3, 0.4) is 0 Å². The van der Waals surface area contributed by atoms with Gasteiger partial charge in [-0.3, -0.25) is 4.68 Å². The standard InChI is InChI=1S/C12H16Br2N4S/c1-17(2)5-6-18-12(8(13)7-16-18)11(15)9-3-4-10(14)19-9/h3-4,7,11H,5-6,15H2,1-2H3. The minimum absolute atomic E-state index is 0.157. The Balaban J connectivity index is 2.25. The summed E-state index contributed by atoms with van der Waals surface area (Å²) >= 11 is 8.67. The molecule has 0 saturated heterocycles. The molecule has 0 aliphatic rings. The largest absolute Gasteiger partial charge is 0.318 e. The van der Waals surface area contributed by atoms with E-state index >= 15 is 0 Å². The van der Waals surface area contributed by atoms with Crippen LogP contribution in [-0.2, 0) is 6.54 Å². The molecule has 2 rings (SSSR count). The second kappa shape index (κ2) is 6.49. The van der Waals surface area contributed by atoms with Gasteiger partial charge in [-0.05, 0) is 58.1 Å². The Hall–Kier alpha value is -0.210. The van der Waals surface area contributed by atoms with Gasteiger partial charge in [0.15, 0.2) is 0 Å². The van der Waals surface area contributed by atoms with Crippen LogP contribution in [0.15, 0.2) is 26.6 Å². The zero-order valence-corrected chi connectivity index (χ0v) is 14.8. The van der Waals surface area contributed by atoms with Gasteiger partial charge in [0.1, 0.15) is 0 Å². The molecule has 1 unspecified atom stereocenters. The number of nitrogens with zero attached hydrogens (tertiary/aromatic N) is 3. The Kier molecular flexibility index (Phi) is 5.19. The molecule has 0 radical (unpaired) electrons. The van der Waals surface area contributed by atoms with Crippen LogP contribution >= 0.6 is 43.2 Å². The first-order valence-corrected chi connectivity index (χ1v) is 8.26. The molecule has 2 aromatic rings. The molecule has 0 aliphatic carbocycles. The van der Waals surface area contributed by atoms with Crippen LogP contribution in [0.4, 0.5) is 0 Å². The lowest BCUT2D eigenvalue weighted by atomic mass is 10.2. The van der Waals surface area contributed by atoms with Crippen molar-refractivity contribution in [2.24, 2.45) is 5.73 Å². The maximum atomic E-state index is 6.37. The van der Waals surface area contributed by atoms with Crippen LogP contribution in [0.5, 0.6) is 0 Å². The summed E-state index contributed by atoms with van der Waals surface area (Å²) in [5, 5.41) is 4.40. The highest BCUT2D eigenvalue weighted by atomic mass is 79.9. The van der Waals surface area contributed by atoms with Crippen molar-refractivity contribution in [3.63, 3.8) is 0 Å². The molecule has 0 bridgehead atoms. The number of nitrogens with two attached hydrogens (primary N) is 1. The highest BCUT2D eigenvalue weighted by Gasteiger charge is 2.19. The van der Waals surface area contributed by atoms with Crippen LogP contribution in [-0.4, -0.2) is 35.3 Å². The maximum Gasteiger partial charge on any atom is 0.0828 e. The Morgan fingerprint density at radius 2 is 2.16 bits per heavy atom. The molecule has 1 atom stereocenters. The van der Waals surface area contributed by atoms with Gasteiger partial charge < -0.3 is 10.6 Å². The number of hydrogen-bond donors (Lipinski definition) is 1. The molecule has 2 N–H and O–H groups in total. The molecule has 104 valence electrons. The average molecular weight is 408 g/mol. The first kappa shape index (κ1) is 15.2. The van der Waals surface area contributed by atoms with Crippen molar-refractivity contribution in [3.8, 4) is 0 Å². The fraction of sp³-hybridized carbons (Fsp3) is 0.417. The van der Waals surface area contributed by atoms with Crippen LogP contribution in [0.1, 0.15) is 16.6 Å². The van der Waals surface area contributed by atoms with Gasteiger partial charge in [0.25, 0.3) is 0 Å². The minimum Gasteiger partial charge on any atom is -0.318 e. The molecule has 0 aliphatic heterocycles. The summed E-state index contributed by atoms with van der Waals surface area (Å²) in [4.78, 5) is 3.26. The van der Waals surface area contributed by atoms with Crippen LogP contribution in [0.2, 0.25) is 0 Å². The second-order valence-corrected chi connectivity index (χ2v) is 7.87. The number of hydrogen-bond acceptors (Lipinski definition) is 4. The molecule has 0 amide bonds. The second-order valence-electron chi connectivity index (χ2n) is 4.52. The third kappa shape index (κ3) is 3.66. The van der Waals surface area contributed by atoms with E-state index < -0.39 is 0 Å². The Morgan fingerprint density at radius 3 is 2.74 bits per heavy atom. The van der Waals surface area contributed by atoms with E-state index in [-0.39, 0.29) is 6.04 Å². The van der Waals surface area contributed by atoms with Crippen molar-refractivity contribution >= 4 is 43.2 Å². The Labute approximate surface area is 133 Å². The van der Waals surface area contributed by atoms with Crippen molar-refractivity contribution in [2.75, 3.05) is 20.6 Å². The number of aromatic nitrogens is 2. The first-order chi connectivity index (χ1) is 8.99. The SMILES string of the molecule is CN(C)CCn1ncc(Br)c1C(N)c1ccc(Br)s1. The van der Waals surface area contributed by atoms with Gasteiger partial charge in [-0.25, -0.2) is 0 Å². The summed E-state index contributed by atoms with van der Waals surface area (Å²) < 4.78 is 4.03. The molecular formula is C12H16Br2N4S. The third-order valence-electron chi connectivity index (χ3n) is 2.79. The van der Waals surface area contributed by atoms with Crippen LogP contribution < -0.4 is 5.73 Å². The molecule has 7 heteroatoms. The lowest BCUT2D eigenvalue weighted by Crippen LogP contribution is -2.23. The lowest BCUT2D eigenvalue weighted by Gasteiger charge is -2.16. The molecule has 0 spiro atoms. The monoisotopic (exact) mass is 406 g/mol. The van der Waals surface area contributed by atoms with Crippen molar-refractivity contribution in [2.45, 2.75) is 12.6 Å². The fourth-order valence-corrected chi connectivity index (χ4v) is 3.76. The Bertz CT molecular complexity index is 550. The van der Waals surface area contributed by atoms with E-state index in [0.717, 1.165) is 31.9 Å². The Morgan fingerprint density at radius 1 is 1.42 bits per heavy atom. The van der Waals surface area contributed by atoms with Gasteiger partial charge in [0, 0.05) is 11.4 Å². The zero-order valence-electron chi connectivity index (χ0n) is 10.8. The summed E-state index contributed by atoms with van der Waals surface area (Å²) in [6, 6.07) is 3.92. The highest BCUT2D eigenvalue weighted by molar-refractivity contribution is 9.11. The van der Waals surface area contributed by atoms with E-state index in [1.54, 1.807) is 11.3 Å². The van der Waals surface area contributed by atoms with Crippen LogP contribution in [0.25, 0.3) is 0 Å². The molecule has 19 heavy (non-hydrogen) atoms. The number of thiophene rings is 1. The van der Waals surface area contributed by atoms with E-state index in [2.05, 4.69) is 62.0 Å². The third-order valence-corrected chi connectivity index (χ3v) is 5.11. The predicted octanol–water partition coefficient (Wildman–Crippen LogP) is 3.08. The number of likely N-dealkylation sites (N-methyl/N-ethyl adjacent to an activating group) is 1. The van der Waals surface area contributed by atoms with E-state index in [4.69, 9.17) is 5.73 Å². The van der Waals surface area contributed by atoms with Crippen molar-refractivity contribution in [3.05, 3.63) is 37.2 Å². The minimum atomic E-state index is -0.157. The quantitative estimate of drug-likeness (QED) is 0.828. The molecule has 4 nitrogen and oxygen atoms in total. The lowest BCUT2D eigenvalue weighted by molar-refractivity contribution is 0.368. The van der Waals surface area contributed by atoms with Crippen molar-refractivity contribution in [1.82, 2.24) is 14.7 Å². The summed E-state index contributed by atoms with van der Waals surface area (Å²) in [6.45, 7) is 1.76. The number of rotatable bonds is 5. The normalized spacial score (nSPS) is 13.2. The molecule has 2 heterocycles. The van der Waals surface area contributed by atoms with E-state index in [9.17, 15) is 0 Å². The molecule has 0 aromatic carbocycles. The molecule has 0 saturated carbocycles. The fourth-order valence-electron chi connectivity index (χ4n) is 1.78. The van der Waals surface area contributed by atoms with E-state index in [1.807, 2.05) is 16.9 Å². The summed E-state index contributed by atoms with van der Waals surface area (Å²) in [7, 11) is 4.10. The zero-order chi connectivity index (χ0) is 14.0. The highest BCUT2D eigenvalue weighted by Crippen LogP contribution is 2.32. The van der Waals surface area contributed by atoms with Crippen molar-refractivity contribution < 1.29 is 0 Å². The van der Waals surface area contributed by atoms with Gasteiger partial charge >= 0.3 is 0 Å². The van der Waals surface area contributed by atoms with Gasteiger partial charge in [-0.2, -0.15) is 5.10 Å². The summed E-state index contributed by atoms with van der Waals surface area (Å²) in [6.07, 6.45) is 1.81. The summed E-state index contributed by atoms with van der Waals surface area (Å²) in [5.74, 6) is 0. The summed E-state index contributed by atoms with van der Waals surface area (Å²) in [5.41, 5.74) is 7.39. The topological polar surface area (TPSA) is 47.1 Å². The first-order valence-electron chi connectivity index (χ1n) is 5.85. The molecule has 0 fully saturated rings. The van der Waals surface area contributed by atoms with Gasteiger partial charge in [-0.15, -0.1) is 11.3 Å². The smallest absolute Gasteiger partial charge is 0.0828 e. The average Bonchev–Trinajstić information content (AvgIpc) is 2.92. The van der Waals surface area contributed by atoms with Gasteiger partial charge in [-0.1, -0.05) is 0 Å². The maximum absolute atomic E-state index is 6.37. The number of halogens is 2. The van der Waals surface area contributed by atoms with Crippen LogP contribution in [0, 0.1) is 0 Å². The predicted molar refractivity (Wildman–Crippen MR) is 86.5 cm³/mol. The molecular weight excluding hydrogens is 392 g/mol. The van der Waals surface area contributed by atoms with Gasteiger partial charge in [0.05, 0.1) is 32.7 Å². The van der Waals surface area contributed by atoms with Crippen molar-refractivity contribution in [1.29, 1.82) is 0 Å². The van der Waals surface area contributed by atoms with Gasteiger partial charge in [0.2, 0.25) is 0 Å². The molecule has 2 aromatic heterocycles. The van der Waals surface area contributed by atoms with E-state index in [0.29, 0.717) is 0 Å². The van der Waals surface area contributed by atoms with E-state index in [1.165, 1.54) is 0 Å².